The smallest absolute Gasteiger partial charge is 0.125 e. The molecular weight excluding hydrogens is 264 g/mol. The van der Waals surface area contributed by atoms with Crippen LogP contribution in [0.5, 0.6) is 5.75 Å². The molecule has 4 nitrogen and oxygen atoms in total. The molecule has 0 bridgehead atoms. The van der Waals surface area contributed by atoms with Gasteiger partial charge in [-0.15, -0.1) is 0 Å². The number of benzene rings is 1. The largest absolute Gasteiger partial charge is 0.496 e. The summed E-state index contributed by atoms with van der Waals surface area (Å²) in [6.45, 7) is 2.89. The molecule has 0 amide bonds. The van der Waals surface area contributed by atoms with E-state index >= 15 is 0 Å². The molecule has 5 heteroatoms. The van der Waals surface area contributed by atoms with E-state index in [4.69, 9.17) is 16.3 Å². The number of aryl methyl sites for hydroxylation is 1. The number of aliphatic hydroxyl groups excluding tert-OH is 1. The molecule has 0 saturated heterocycles. The molecule has 0 spiro atoms. The number of imidazole rings is 1. The van der Waals surface area contributed by atoms with Crippen molar-refractivity contribution in [2.75, 3.05) is 7.11 Å². The lowest BCUT2D eigenvalue weighted by molar-refractivity contribution is 0.204. The summed E-state index contributed by atoms with van der Waals surface area (Å²) in [4.78, 5) is 4.09. The van der Waals surface area contributed by atoms with E-state index in [0.717, 1.165) is 18.7 Å². The van der Waals surface area contributed by atoms with E-state index in [1.165, 1.54) is 0 Å². The van der Waals surface area contributed by atoms with Crippen LogP contribution in [0.4, 0.5) is 0 Å². The zero-order valence-electron chi connectivity index (χ0n) is 11.0. The lowest BCUT2D eigenvalue weighted by atomic mass is 10.1. The first-order valence-electron chi connectivity index (χ1n) is 6.19. The summed E-state index contributed by atoms with van der Waals surface area (Å²) >= 11 is 5.99. The minimum atomic E-state index is -0.803. The van der Waals surface area contributed by atoms with Crippen molar-refractivity contribution < 1.29 is 9.84 Å². The van der Waals surface area contributed by atoms with E-state index < -0.39 is 6.10 Å². The van der Waals surface area contributed by atoms with Crippen molar-refractivity contribution >= 4 is 11.6 Å². The first-order valence-corrected chi connectivity index (χ1v) is 6.56. The maximum absolute atomic E-state index is 10.5. The van der Waals surface area contributed by atoms with Crippen LogP contribution in [0, 0.1) is 0 Å². The molecule has 0 radical (unpaired) electrons. The van der Waals surface area contributed by atoms with E-state index in [0.29, 0.717) is 16.3 Å². The van der Waals surface area contributed by atoms with E-state index in [2.05, 4.69) is 11.9 Å². The van der Waals surface area contributed by atoms with Crippen molar-refractivity contribution in [2.24, 2.45) is 0 Å². The topological polar surface area (TPSA) is 47.3 Å². The van der Waals surface area contributed by atoms with Crippen LogP contribution in [0.15, 0.2) is 30.7 Å². The van der Waals surface area contributed by atoms with Gasteiger partial charge in [-0.1, -0.05) is 18.5 Å². The number of methoxy groups -OCH3 is 1. The van der Waals surface area contributed by atoms with Gasteiger partial charge in [0.15, 0.2) is 0 Å². The van der Waals surface area contributed by atoms with Gasteiger partial charge in [0.05, 0.1) is 25.3 Å². The maximum atomic E-state index is 10.5. The Morgan fingerprint density at radius 1 is 1.47 bits per heavy atom. The third kappa shape index (κ3) is 2.91. The van der Waals surface area contributed by atoms with Crippen LogP contribution in [0.3, 0.4) is 0 Å². The fourth-order valence-electron chi connectivity index (χ4n) is 2.06. The maximum Gasteiger partial charge on any atom is 0.125 e. The molecule has 0 aliphatic carbocycles. The molecule has 1 atom stereocenters. The molecule has 0 saturated carbocycles. The first kappa shape index (κ1) is 13.9. The van der Waals surface area contributed by atoms with Gasteiger partial charge >= 0.3 is 0 Å². The summed E-state index contributed by atoms with van der Waals surface area (Å²) < 4.78 is 7.21. The van der Waals surface area contributed by atoms with Crippen LogP contribution >= 0.6 is 11.6 Å². The van der Waals surface area contributed by atoms with Gasteiger partial charge in [-0.3, -0.25) is 0 Å². The number of aliphatic hydroxyl groups is 1. The number of hydrogen-bond acceptors (Lipinski definition) is 3. The van der Waals surface area contributed by atoms with Crippen LogP contribution in [-0.4, -0.2) is 21.8 Å². The number of hydrogen-bond donors (Lipinski definition) is 1. The van der Waals surface area contributed by atoms with Crippen LogP contribution in [0.2, 0.25) is 5.02 Å². The van der Waals surface area contributed by atoms with Gasteiger partial charge in [-0.25, -0.2) is 4.98 Å². The number of nitrogens with zero attached hydrogens (tertiary/aromatic N) is 2. The van der Waals surface area contributed by atoms with Crippen molar-refractivity contribution in [2.45, 2.75) is 26.0 Å². The molecule has 102 valence electrons. The Morgan fingerprint density at radius 2 is 2.26 bits per heavy atom. The first-order chi connectivity index (χ1) is 9.17. The molecule has 1 N–H and O–H groups in total. The normalized spacial score (nSPS) is 12.4. The Balaban J connectivity index is 2.40. The van der Waals surface area contributed by atoms with Crippen molar-refractivity contribution in [3.05, 3.63) is 47.0 Å². The zero-order chi connectivity index (χ0) is 13.8. The fraction of sp³-hybridized carbons (Fsp3) is 0.357. The van der Waals surface area contributed by atoms with Crippen molar-refractivity contribution in [3.8, 4) is 5.75 Å². The average Bonchev–Trinajstić information content (AvgIpc) is 2.86. The SMILES string of the molecule is CCCn1cncc1C(O)c1cc(Cl)ccc1OC. The minimum Gasteiger partial charge on any atom is -0.496 e. The molecule has 0 fully saturated rings. The fourth-order valence-corrected chi connectivity index (χ4v) is 2.25. The lowest BCUT2D eigenvalue weighted by Crippen LogP contribution is -2.09. The van der Waals surface area contributed by atoms with Gasteiger partial charge in [0.2, 0.25) is 0 Å². The van der Waals surface area contributed by atoms with Crippen LogP contribution in [-0.2, 0) is 6.54 Å². The van der Waals surface area contributed by atoms with E-state index in [-0.39, 0.29) is 0 Å². The van der Waals surface area contributed by atoms with Crippen LogP contribution < -0.4 is 4.74 Å². The molecular formula is C14H17ClN2O2. The number of ether oxygens (including phenoxy) is 1. The Kier molecular flexibility index (Phi) is 4.45. The second kappa shape index (κ2) is 6.08. The van der Waals surface area contributed by atoms with Crippen molar-refractivity contribution in [1.29, 1.82) is 0 Å². The van der Waals surface area contributed by atoms with E-state index in [9.17, 15) is 5.11 Å². The molecule has 1 heterocycles. The number of aromatic nitrogens is 2. The highest BCUT2D eigenvalue weighted by Gasteiger charge is 2.19. The Bertz CT molecular complexity index is 554. The average molecular weight is 281 g/mol. The quantitative estimate of drug-likeness (QED) is 0.916. The molecule has 0 aliphatic heterocycles. The summed E-state index contributed by atoms with van der Waals surface area (Å²) in [7, 11) is 1.57. The van der Waals surface area contributed by atoms with Gasteiger partial charge in [0, 0.05) is 17.1 Å². The summed E-state index contributed by atoms with van der Waals surface area (Å²) in [6, 6.07) is 5.20. The predicted octanol–water partition coefficient (Wildman–Crippen LogP) is 3.04. The third-order valence-corrected chi connectivity index (χ3v) is 3.21. The van der Waals surface area contributed by atoms with E-state index in [1.54, 1.807) is 37.8 Å². The predicted molar refractivity (Wildman–Crippen MR) is 74.6 cm³/mol. The van der Waals surface area contributed by atoms with Gasteiger partial charge in [0.1, 0.15) is 11.9 Å². The summed E-state index contributed by atoms with van der Waals surface area (Å²) in [6.07, 6.45) is 3.56. The third-order valence-electron chi connectivity index (χ3n) is 2.98. The zero-order valence-corrected chi connectivity index (χ0v) is 11.8. The van der Waals surface area contributed by atoms with Gasteiger partial charge in [0.25, 0.3) is 0 Å². The highest BCUT2D eigenvalue weighted by molar-refractivity contribution is 6.30. The monoisotopic (exact) mass is 280 g/mol. The van der Waals surface area contributed by atoms with Crippen LogP contribution in [0.1, 0.15) is 30.7 Å². The lowest BCUT2D eigenvalue weighted by Gasteiger charge is -2.16. The van der Waals surface area contributed by atoms with Crippen molar-refractivity contribution in [1.82, 2.24) is 9.55 Å². The second-order valence-electron chi connectivity index (χ2n) is 4.30. The molecule has 2 rings (SSSR count). The van der Waals surface area contributed by atoms with Gasteiger partial charge in [-0.05, 0) is 24.6 Å². The Labute approximate surface area is 117 Å². The highest BCUT2D eigenvalue weighted by atomic mass is 35.5. The van der Waals surface area contributed by atoms with E-state index in [1.807, 2.05) is 4.57 Å². The standard InChI is InChI=1S/C14H17ClN2O2/c1-3-6-17-9-16-8-12(17)14(18)11-7-10(15)4-5-13(11)19-2/h4-5,7-9,14,18H,3,6H2,1-2H3. The van der Waals surface area contributed by atoms with Gasteiger partial charge in [-0.2, -0.15) is 0 Å². The minimum absolute atomic E-state index is 0.566. The summed E-state index contributed by atoms with van der Waals surface area (Å²) in [5, 5.41) is 11.1. The molecule has 0 aliphatic rings. The van der Waals surface area contributed by atoms with Crippen LogP contribution in [0.25, 0.3) is 0 Å². The van der Waals surface area contributed by atoms with Crippen molar-refractivity contribution in [3.63, 3.8) is 0 Å². The molecule has 19 heavy (non-hydrogen) atoms. The number of rotatable bonds is 5. The summed E-state index contributed by atoms with van der Waals surface area (Å²) in [5.74, 6) is 0.612. The molecule has 2 aromatic rings. The Hall–Kier alpha value is -1.52. The van der Waals surface area contributed by atoms with Gasteiger partial charge < -0.3 is 14.4 Å². The second-order valence-corrected chi connectivity index (χ2v) is 4.74. The molecule has 1 aromatic heterocycles. The summed E-state index contributed by atoms with van der Waals surface area (Å²) in [5.41, 5.74) is 1.38. The highest BCUT2D eigenvalue weighted by Crippen LogP contribution is 2.32. The Morgan fingerprint density at radius 3 is 2.95 bits per heavy atom. The molecule has 1 aromatic carbocycles. The molecule has 1 unspecified atom stereocenters. The number of halogens is 1.